The van der Waals surface area contributed by atoms with Crippen LogP contribution in [0, 0.1) is 5.92 Å². The van der Waals surface area contributed by atoms with Gasteiger partial charge in [-0.2, -0.15) is 13.2 Å². The third-order valence-corrected chi connectivity index (χ3v) is 4.32. The number of piperazine rings is 1. The van der Waals surface area contributed by atoms with Gasteiger partial charge in [0.2, 0.25) is 11.8 Å². The van der Waals surface area contributed by atoms with Crippen LogP contribution < -0.4 is 5.32 Å². The Labute approximate surface area is 119 Å². The van der Waals surface area contributed by atoms with Gasteiger partial charge in [0, 0.05) is 12.3 Å². The van der Waals surface area contributed by atoms with Crippen molar-refractivity contribution in [3.05, 3.63) is 0 Å². The highest BCUT2D eigenvalue weighted by atomic mass is 32.2. The monoisotopic (exact) mass is 310 g/mol. The Balaban J connectivity index is 2.00. The largest absolute Gasteiger partial charge is 0.441 e. The molecule has 1 saturated heterocycles. The average Bonchev–Trinajstić information content (AvgIpc) is 3.15. The molecule has 0 aromatic carbocycles. The van der Waals surface area contributed by atoms with Gasteiger partial charge < -0.3 is 10.2 Å². The molecule has 1 heterocycles. The van der Waals surface area contributed by atoms with E-state index in [1.165, 1.54) is 4.90 Å². The van der Waals surface area contributed by atoms with Crippen LogP contribution in [0.2, 0.25) is 0 Å². The molecule has 4 nitrogen and oxygen atoms in total. The third-order valence-electron chi connectivity index (χ3n) is 3.60. The summed E-state index contributed by atoms with van der Waals surface area (Å²) in [7, 11) is 0. The van der Waals surface area contributed by atoms with Crippen molar-refractivity contribution in [1.29, 1.82) is 0 Å². The normalized spacial score (nSPS) is 27.7. The van der Waals surface area contributed by atoms with Crippen molar-refractivity contribution in [3.63, 3.8) is 0 Å². The van der Waals surface area contributed by atoms with Crippen molar-refractivity contribution in [2.24, 2.45) is 5.92 Å². The van der Waals surface area contributed by atoms with Gasteiger partial charge in [-0.25, -0.2) is 0 Å². The highest BCUT2D eigenvalue weighted by Crippen LogP contribution is 2.36. The Morgan fingerprint density at radius 1 is 1.35 bits per heavy atom. The number of halogens is 3. The van der Waals surface area contributed by atoms with Crippen LogP contribution in [0.25, 0.3) is 0 Å². The van der Waals surface area contributed by atoms with E-state index in [0.717, 1.165) is 12.8 Å². The molecule has 0 bridgehead atoms. The van der Waals surface area contributed by atoms with Crippen LogP contribution in [0.5, 0.6) is 0 Å². The minimum atomic E-state index is -4.31. The van der Waals surface area contributed by atoms with E-state index in [4.69, 9.17) is 0 Å². The molecule has 1 aliphatic heterocycles. The van der Waals surface area contributed by atoms with Gasteiger partial charge >= 0.3 is 5.51 Å². The standard InChI is InChI=1S/C12H17F3N2O2S/c1-2-8-10(18)16-9(7-3-4-7)11(19)17(8)5-6-20-12(13,14)15/h7-9H,2-6H2,1H3,(H,16,18). The predicted molar refractivity (Wildman–Crippen MR) is 69.0 cm³/mol. The molecule has 2 aliphatic rings. The summed E-state index contributed by atoms with van der Waals surface area (Å²) >= 11 is -0.157. The number of rotatable bonds is 5. The second-order valence-corrected chi connectivity index (χ2v) is 6.23. The van der Waals surface area contributed by atoms with Gasteiger partial charge in [0.05, 0.1) is 0 Å². The molecule has 2 unspecified atom stereocenters. The molecule has 20 heavy (non-hydrogen) atoms. The van der Waals surface area contributed by atoms with Crippen LogP contribution in [0.3, 0.4) is 0 Å². The van der Waals surface area contributed by atoms with Crippen molar-refractivity contribution in [2.75, 3.05) is 12.3 Å². The Hall–Kier alpha value is -0.920. The fourth-order valence-electron chi connectivity index (χ4n) is 2.47. The molecule has 114 valence electrons. The van der Waals surface area contributed by atoms with Crippen LogP contribution in [0.1, 0.15) is 26.2 Å². The fraction of sp³-hybridized carbons (Fsp3) is 0.833. The molecule has 0 aromatic heterocycles. The van der Waals surface area contributed by atoms with E-state index in [9.17, 15) is 22.8 Å². The minimum Gasteiger partial charge on any atom is -0.342 e. The highest BCUT2D eigenvalue weighted by Gasteiger charge is 2.46. The van der Waals surface area contributed by atoms with E-state index >= 15 is 0 Å². The zero-order chi connectivity index (χ0) is 14.9. The molecular weight excluding hydrogens is 293 g/mol. The first-order chi connectivity index (χ1) is 9.33. The summed E-state index contributed by atoms with van der Waals surface area (Å²) in [4.78, 5) is 25.6. The lowest BCUT2D eigenvalue weighted by molar-refractivity contribution is -0.149. The van der Waals surface area contributed by atoms with Crippen LogP contribution in [-0.2, 0) is 9.59 Å². The zero-order valence-electron chi connectivity index (χ0n) is 11.1. The summed E-state index contributed by atoms with van der Waals surface area (Å²) in [5.41, 5.74) is -4.31. The number of nitrogens with zero attached hydrogens (tertiary/aromatic N) is 1. The first-order valence-corrected chi connectivity index (χ1v) is 7.63. The summed E-state index contributed by atoms with van der Waals surface area (Å²) in [6, 6.07) is -1.19. The minimum absolute atomic E-state index is 0.0435. The van der Waals surface area contributed by atoms with Gasteiger partial charge in [-0.1, -0.05) is 6.92 Å². The number of carbonyl (C=O) groups is 2. The maximum absolute atomic E-state index is 12.3. The van der Waals surface area contributed by atoms with E-state index in [1.807, 2.05) is 0 Å². The SMILES string of the molecule is CCC1C(=O)NC(C2CC2)C(=O)N1CCSC(F)(F)F. The van der Waals surface area contributed by atoms with E-state index < -0.39 is 17.6 Å². The van der Waals surface area contributed by atoms with Crippen LogP contribution in [0.4, 0.5) is 13.2 Å². The molecule has 1 saturated carbocycles. The van der Waals surface area contributed by atoms with Gasteiger partial charge in [-0.3, -0.25) is 9.59 Å². The second-order valence-electron chi connectivity index (χ2n) is 5.07. The Morgan fingerprint density at radius 3 is 2.50 bits per heavy atom. The first kappa shape index (κ1) is 15.5. The molecule has 0 radical (unpaired) electrons. The van der Waals surface area contributed by atoms with Crippen molar-refractivity contribution in [1.82, 2.24) is 10.2 Å². The molecule has 0 aromatic rings. The molecule has 1 aliphatic carbocycles. The van der Waals surface area contributed by atoms with E-state index in [0.29, 0.717) is 6.42 Å². The summed E-state index contributed by atoms with van der Waals surface area (Å²) < 4.78 is 36.5. The van der Waals surface area contributed by atoms with Crippen LogP contribution >= 0.6 is 11.8 Å². The summed E-state index contributed by atoms with van der Waals surface area (Å²) in [5, 5.41) is 2.71. The van der Waals surface area contributed by atoms with E-state index in [-0.39, 0.29) is 41.8 Å². The van der Waals surface area contributed by atoms with Crippen LogP contribution in [-0.4, -0.2) is 46.6 Å². The topological polar surface area (TPSA) is 49.4 Å². The van der Waals surface area contributed by atoms with Gasteiger partial charge in [-0.05, 0) is 36.9 Å². The molecule has 2 atom stereocenters. The number of thioether (sulfide) groups is 1. The molecule has 2 amide bonds. The first-order valence-electron chi connectivity index (χ1n) is 6.65. The number of hydrogen-bond donors (Lipinski definition) is 1. The lowest BCUT2D eigenvalue weighted by atomic mass is 10.0. The Bertz CT molecular complexity index is 399. The molecule has 8 heteroatoms. The Morgan fingerprint density at radius 2 is 2.00 bits per heavy atom. The van der Waals surface area contributed by atoms with Crippen molar-refractivity contribution in [2.45, 2.75) is 43.8 Å². The number of amides is 2. The fourth-order valence-corrected chi connectivity index (χ4v) is 2.98. The smallest absolute Gasteiger partial charge is 0.342 e. The average molecular weight is 310 g/mol. The van der Waals surface area contributed by atoms with E-state index in [2.05, 4.69) is 5.32 Å². The van der Waals surface area contributed by atoms with Gasteiger partial charge in [0.15, 0.2) is 0 Å². The maximum Gasteiger partial charge on any atom is 0.441 e. The number of nitrogens with one attached hydrogen (secondary N) is 1. The molecule has 1 N–H and O–H groups in total. The second kappa shape index (κ2) is 5.83. The Kier molecular flexibility index (Phi) is 4.51. The van der Waals surface area contributed by atoms with E-state index in [1.54, 1.807) is 6.92 Å². The zero-order valence-corrected chi connectivity index (χ0v) is 11.9. The lowest BCUT2D eigenvalue weighted by Gasteiger charge is -2.38. The molecule has 2 fully saturated rings. The summed E-state index contributed by atoms with van der Waals surface area (Å²) in [6.45, 7) is 1.71. The van der Waals surface area contributed by atoms with Gasteiger partial charge in [0.1, 0.15) is 12.1 Å². The lowest BCUT2D eigenvalue weighted by Crippen LogP contribution is -2.64. The van der Waals surface area contributed by atoms with Crippen LogP contribution in [0.15, 0.2) is 0 Å². The highest BCUT2D eigenvalue weighted by molar-refractivity contribution is 8.00. The maximum atomic E-state index is 12.3. The summed E-state index contributed by atoms with van der Waals surface area (Å²) in [5.74, 6) is -0.569. The van der Waals surface area contributed by atoms with Crippen molar-refractivity contribution >= 4 is 23.6 Å². The van der Waals surface area contributed by atoms with Gasteiger partial charge in [-0.15, -0.1) is 0 Å². The molecule has 0 spiro atoms. The summed E-state index contributed by atoms with van der Waals surface area (Å²) in [6.07, 6.45) is 2.18. The third kappa shape index (κ3) is 3.59. The quantitative estimate of drug-likeness (QED) is 0.842. The number of alkyl halides is 3. The molecule has 2 rings (SSSR count). The number of hydrogen-bond acceptors (Lipinski definition) is 3. The van der Waals surface area contributed by atoms with Crippen molar-refractivity contribution in [3.8, 4) is 0 Å². The van der Waals surface area contributed by atoms with Crippen molar-refractivity contribution < 1.29 is 22.8 Å². The van der Waals surface area contributed by atoms with Gasteiger partial charge in [0.25, 0.3) is 0 Å². The predicted octanol–water partition coefficient (Wildman–Crippen LogP) is 1.76. The number of carbonyl (C=O) groups excluding carboxylic acids is 2. The molecular formula is C12H17F3N2O2S.